The zero-order valence-electron chi connectivity index (χ0n) is 11.4. The van der Waals surface area contributed by atoms with Crippen molar-refractivity contribution in [1.29, 1.82) is 0 Å². The molecule has 0 aliphatic carbocycles. The van der Waals surface area contributed by atoms with Crippen LogP contribution in [0, 0.1) is 5.82 Å². The van der Waals surface area contributed by atoms with Gasteiger partial charge in [-0.2, -0.15) is 0 Å². The fourth-order valence-corrected chi connectivity index (χ4v) is 1.71. The number of nitrogen functional groups attached to an aromatic ring is 1. The van der Waals surface area contributed by atoms with Gasteiger partial charge in [0, 0.05) is 12.1 Å². The van der Waals surface area contributed by atoms with E-state index in [0.717, 1.165) is 11.8 Å². The van der Waals surface area contributed by atoms with Gasteiger partial charge in [0.2, 0.25) is 0 Å². The molecular weight excluding hydrogens is 273 g/mol. The van der Waals surface area contributed by atoms with Crippen LogP contribution in [-0.2, 0) is 4.74 Å². The number of nitrogens with two attached hydrogens (primary N) is 1. The lowest BCUT2D eigenvalue weighted by molar-refractivity contribution is 0.0481. The van der Waals surface area contributed by atoms with E-state index in [0.29, 0.717) is 13.0 Å². The first-order chi connectivity index (χ1) is 10.2. The topological polar surface area (TPSA) is 61.6 Å². The molecule has 110 valence electrons. The quantitative estimate of drug-likeness (QED) is 0.504. The summed E-state index contributed by atoms with van der Waals surface area (Å²) in [6.07, 6.45) is 0.525. The number of carbonyl (C=O) groups excluding carboxylic acids is 1. The van der Waals surface area contributed by atoms with Crippen LogP contribution >= 0.6 is 0 Å². The number of anilines is 1. The molecule has 4 nitrogen and oxygen atoms in total. The van der Waals surface area contributed by atoms with Gasteiger partial charge < -0.3 is 15.2 Å². The first-order valence-electron chi connectivity index (χ1n) is 6.57. The van der Waals surface area contributed by atoms with Gasteiger partial charge in [0.1, 0.15) is 11.6 Å². The number of hydrogen-bond acceptors (Lipinski definition) is 4. The Balaban J connectivity index is 1.72. The highest BCUT2D eigenvalue weighted by Crippen LogP contribution is 2.13. The Kier molecular flexibility index (Phi) is 5.15. The average Bonchev–Trinajstić information content (AvgIpc) is 2.47. The van der Waals surface area contributed by atoms with E-state index in [2.05, 4.69) is 0 Å². The van der Waals surface area contributed by atoms with Crippen molar-refractivity contribution in [3.8, 4) is 5.75 Å². The Bertz CT molecular complexity index is 602. The minimum Gasteiger partial charge on any atom is -0.493 e. The number of esters is 1. The molecular formula is C16H16FNO3. The van der Waals surface area contributed by atoms with Crippen LogP contribution in [0.5, 0.6) is 5.75 Å². The Morgan fingerprint density at radius 3 is 2.57 bits per heavy atom. The van der Waals surface area contributed by atoms with Crippen molar-refractivity contribution in [2.45, 2.75) is 6.42 Å². The van der Waals surface area contributed by atoms with Crippen LogP contribution < -0.4 is 10.5 Å². The van der Waals surface area contributed by atoms with Gasteiger partial charge in [-0.15, -0.1) is 0 Å². The summed E-state index contributed by atoms with van der Waals surface area (Å²) in [5.41, 5.74) is 5.56. The smallest absolute Gasteiger partial charge is 0.341 e. The molecule has 0 aliphatic heterocycles. The molecule has 0 saturated heterocycles. The van der Waals surface area contributed by atoms with Crippen molar-refractivity contribution in [2.75, 3.05) is 18.9 Å². The fourth-order valence-electron chi connectivity index (χ4n) is 1.71. The molecule has 5 heteroatoms. The maximum Gasteiger partial charge on any atom is 0.341 e. The Morgan fingerprint density at radius 2 is 1.86 bits per heavy atom. The van der Waals surface area contributed by atoms with Crippen LogP contribution in [0.2, 0.25) is 0 Å². The second-order valence-electron chi connectivity index (χ2n) is 4.39. The normalized spacial score (nSPS) is 10.1. The molecule has 21 heavy (non-hydrogen) atoms. The van der Waals surface area contributed by atoms with E-state index in [1.54, 1.807) is 0 Å². The molecule has 0 bridgehead atoms. The predicted molar refractivity (Wildman–Crippen MR) is 77.6 cm³/mol. The van der Waals surface area contributed by atoms with Crippen molar-refractivity contribution in [2.24, 2.45) is 0 Å². The zero-order valence-corrected chi connectivity index (χ0v) is 11.4. The average molecular weight is 289 g/mol. The summed E-state index contributed by atoms with van der Waals surface area (Å²) in [5, 5.41) is 0. The van der Waals surface area contributed by atoms with E-state index in [4.69, 9.17) is 15.2 Å². The van der Waals surface area contributed by atoms with Crippen LogP contribution in [0.1, 0.15) is 16.8 Å². The molecule has 2 aromatic rings. The molecule has 2 aromatic carbocycles. The van der Waals surface area contributed by atoms with Crippen LogP contribution in [0.4, 0.5) is 10.1 Å². The van der Waals surface area contributed by atoms with E-state index in [9.17, 15) is 9.18 Å². The van der Waals surface area contributed by atoms with Crippen molar-refractivity contribution in [3.63, 3.8) is 0 Å². The number of benzene rings is 2. The van der Waals surface area contributed by atoms with Gasteiger partial charge in [-0.05, 0) is 30.3 Å². The van der Waals surface area contributed by atoms with Crippen molar-refractivity contribution >= 4 is 11.7 Å². The highest BCUT2D eigenvalue weighted by Gasteiger charge is 2.12. The minimum atomic E-state index is -0.702. The number of rotatable bonds is 6. The fraction of sp³-hybridized carbons (Fsp3) is 0.188. The first-order valence-corrected chi connectivity index (χ1v) is 6.57. The van der Waals surface area contributed by atoms with Crippen LogP contribution in [-0.4, -0.2) is 19.2 Å². The van der Waals surface area contributed by atoms with Crippen LogP contribution in [0.15, 0.2) is 48.5 Å². The first kappa shape index (κ1) is 14.8. The highest BCUT2D eigenvalue weighted by molar-refractivity contribution is 5.90. The molecule has 0 amide bonds. The van der Waals surface area contributed by atoms with Crippen LogP contribution in [0.25, 0.3) is 0 Å². The van der Waals surface area contributed by atoms with Gasteiger partial charge in [0.15, 0.2) is 0 Å². The largest absolute Gasteiger partial charge is 0.493 e. The lowest BCUT2D eigenvalue weighted by Crippen LogP contribution is -2.11. The van der Waals surface area contributed by atoms with Gasteiger partial charge in [0.25, 0.3) is 0 Å². The molecule has 0 spiro atoms. The zero-order chi connectivity index (χ0) is 15.1. The van der Waals surface area contributed by atoms with Crippen LogP contribution in [0.3, 0.4) is 0 Å². The third kappa shape index (κ3) is 4.49. The summed E-state index contributed by atoms with van der Waals surface area (Å²) < 4.78 is 23.9. The molecule has 0 aliphatic rings. The number of carbonyl (C=O) groups is 1. The van der Waals surface area contributed by atoms with E-state index >= 15 is 0 Å². The lowest BCUT2D eigenvalue weighted by Gasteiger charge is -2.07. The van der Waals surface area contributed by atoms with Crippen molar-refractivity contribution in [3.05, 3.63) is 59.9 Å². The molecule has 0 radical (unpaired) electrons. The van der Waals surface area contributed by atoms with Crippen molar-refractivity contribution in [1.82, 2.24) is 0 Å². The summed E-state index contributed by atoms with van der Waals surface area (Å²) >= 11 is 0. The Morgan fingerprint density at radius 1 is 1.10 bits per heavy atom. The van der Waals surface area contributed by atoms with Gasteiger partial charge in [-0.3, -0.25) is 0 Å². The number of ether oxygens (including phenoxy) is 2. The molecule has 0 aromatic heterocycles. The molecule has 2 rings (SSSR count). The van der Waals surface area contributed by atoms with Gasteiger partial charge in [-0.1, -0.05) is 18.2 Å². The third-order valence-electron chi connectivity index (χ3n) is 2.75. The summed E-state index contributed by atoms with van der Waals surface area (Å²) in [7, 11) is 0. The van der Waals surface area contributed by atoms with E-state index in [1.807, 2.05) is 30.3 Å². The highest BCUT2D eigenvalue weighted by atomic mass is 19.1. The van der Waals surface area contributed by atoms with E-state index in [1.165, 1.54) is 12.1 Å². The number of para-hydroxylation sites is 1. The Hall–Kier alpha value is -2.56. The molecule has 2 N–H and O–H groups in total. The van der Waals surface area contributed by atoms with Crippen molar-refractivity contribution < 1.29 is 18.7 Å². The van der Waals surface area contributed by atoms with Gasteiger partial charge in [-0.25, -0.2) is 9.18 Å². The summed E-state index contributed by atoms with van der Waals surface area (Å²) in [6.45, 7) is 0.580. The molecule has 0 heterocycles. The summed E-state index contributed by atoms with van der Waals surface area (Å²) in [6, 6.07) is 13.2. The minimum absolute atomic E-state index is 0.117. The maximum atomic E-state index is 13.5. The monoisotopic (exact) mass is 289 g/mol. The number of halogens is 1. The van der Waals surface area contributed by atoms with E-state index in [-0.39, 0.29) is 17.9 Å². The second kappa shape index (κ2) is 7.28. The van der Waals surface area contributed by atoms with E-state index < -0.39 is 11.8 Å². The molecule has 0 saturated carbocycles. The Labute approximate surface area is 122 Å². The number of hydrogen-bond donors (Lipinski definition) is 1. The van der Waals surface area contributed by atoms with Gasteiger partial charge in [0.05, 0.1) is 18.8 Å². The van der Waals surface area contributed by atoms with Gasteiger partial charge >= 0.3 is 5.97 Å². The predicted octanol–water partition coefficient (Wildman–Crippen LogP) is 3.03. The SMILES string of the molecule is Nc1ccc(C(=O)OCCCOc2ccccc2)c(F)c1. The lowest BCUT2D eigenvalue weighted by atomic mass is 10.2. The summed E-state index contributed by atoms with van der Waals surface area (Å²) in [5.74, 6) is -0.624. The summed E-state index contributed by atoms with van der Waals surface area (Å²) in [4.78, 5) is 11.7. The molecule has 0 unspecified atom stereocenters. The third-order valence-corrected chi connectivity index (χ3v) is 2.75. The molecule has 0 fully saturated rings. The molecule has 0 atom stereocenters. The maximum absolute atomic E-state index is 13.5. The standard InChI is InChI=1S/C16H16FNO3/c17-15-11-12(18)7-8-14(15)16(19)21-10-4-9-20-13-5-2-1-3-6-13/h1-3,5-8,11H,4,9-10,18H2. The second-order valence-corrected chi connectivity index (χ2v) is 4.39.